The van der Waals surface area contributed by atoms with Crippen LogP contribution in [0, 0.1) is 0 Å². The van der Waals surface area contributed by atoms with E-state index in [1.807, 2.05) is 0 Å². The molecule has 0 atom stereocenters. The van der Waals surface area contributed by atoms with E-state index in [9.17, 15) is 19.2 Å². The molecule has 0 unspecified atom stereocenters. The van der Waals surface area contributed by atoms with Gasteiger partial charge in [0.2, 0.25) is 0 Å². The Morgan fingerprint density at radius 2 is 0.933 bits per heavy atom. The Morgan fingerprint density at radius 3 is 1.20 bits per heavy atom. The largest absolute Gasteiger partial charge is 0.344 e. The van der Waals surface area contributed by atoms with Crippen LogP contribution in [0.3, 0.4) is 0 Å². The molecule has 0 amide bonds. The van der Waals surface area contributed by atoms with Gasteiger partial charge in [-0.1, -0.05) is 0 Å². The second-order valence-corrected chi connectivity index (χ2v) is 3.76. The Labute approximate surface area is 85.8 Å². The lowest BCUT2D eigenvalue weighted by molar-refractivity contribution is -0.149. The predicted octanol–water partition coefficient (Wildman–Crippen LogP) is -0.396. The molecule has 0 aromatic heterocycles. The maximum Gasteiger partial charge on any atom is 0.175 e. The van der Waals surface area contributed by atoms with E-state index in [2.05, 4.69) is 0 Å². The topological polar surface area (TPSA) is 77.5 Å². The van der Waals surface area contributed by atoms with Crippen molar-refractivity contribution in [3.63, 3.8) is 0 Å². The van der Waals surface area contributed by atoms with Crippen LogP contribution in [0.4, 0.5) is 0 Å². The fourth-order valence-electron chi connectivity index (χ4n) is 1.82. The quantitative estimate of drug-likeness (QED) is 0.580. The zero-order valence-electron chi connectivity index (χ0n) is 8.02. The summed E-state index contributed by atoms with van der Waals surface area (Å²) in [5, 5.41) is 0. The van der Waals surface area contributed by atoms with Gasteiger partial charge in [0.05, 0.1) is 0 Å². The SMILES string of the molecule is O=C1CCC(=O)C1OC1C(=O)CCC1=O. The van der Waals surface area contributed by atoms with Crippen LogP contribution in [0.15, 0.2) is 0 Å². The molecular formula is C10H10O5. The number of carbonyl (C=O) groups excluding carboxylic acids is 4. The van der Waals surface area contributed by atoms with E-state index in [1.54, 1.807) is 0 Å². The molecule has 0 bridgehead atoms. The summed E-state index contributed by atoms with van der Waals surface area (Å²) in [6.45, 7) is 0. The zero-order valence-corrected chi connectivity index (χ0v) is 8.02. The number of hydrogen-bond acceptors (Lipinski definition) is 5. The van der Waals surface area contributed by atoms with E-state index in [0.29, 0.717) is 0 Å². The van der Waals surface area contributed by atoms with Crippen molar-refractivity contribution in [3.05, 3.63) is 0 Å². The van der Waals surface area contributed by atoms with Gasteiger partial charge in [-0.25, -0.2) is 0 Å². The summed E-state index contributed by atoms with van der Waals surface area (Å²) in [4.78, 5) is 44.9. The van der Waals surface area contributed by atoms with Crippen molar-refractivity contribution in [2.75, 3.05) is 0 Å². The van der Waals surface area contributed by atoms with Crippen LogP contribution in [0.2, 0.25) is 0 Å². The van der Waals surface area contributed by atoms with Crippen molar-refractivity contribution in [1.29, 1.82) is 0 Å². The number of hydrogen-bond donors (Lipinski definition) is 0. The highest BCUT2D eigenvalue weighted by molar-refractivity contribution is 6.14. The highest BCUT2D eigenvalue weighted by Crippen LogP contribution is 2.21. The van der Waals surface area contributed by atoms with Crippen LogP contribution in [-0.2, 0) is 23.9 Å². The van der Waals surface area contributed by atoms with Crippen LogP contribution >= 0.6 is 0 Å². The lowest BCUT2D eigenvalue weighted by Gasteiger charge is -2.12. The molecule has 0 radical (unpaired) electrons. The second kappa shape index (κ2) is 3.66. The molecule has 2 saturated carbocycles. The Bertz CT molecular complexity index is 291. The summed E-state index contributed by atoms with van der Waals surface area (Å²) in [6, 6.07) is 0. The predicted molar refractivity (Wildman–Crippen MR) is 47.2 cm³/mol. The molecule has 0 saturated heterocycles. The van der Waals surface area contributed by atoms with Gasteiger partial charge in [0.25, 0.3) is 0 Å². The molecule has 5 nitrogen and oxygen atoms in total. The van der Waals surface area contributed by atoms with Gasteiger partial charge < -0.3 is 4.74 Å². The third kappa shape index (κ3) is 1.74. The summed E-state index contributed by atoms with van der Waals surface area (Å²) in [5.74, 6) is -1.31. The monoisotopic (exact) mass is 210 g/mol. The normalized spacial score (nSPS) is 24.5. The molecule has 2 fully saturated rings. The van der Waals surface area contributed by atoms with E-state index in [1.165, 1.54) is 0 Å². The van der Waals surface area contributed by atoms with Crippen molar-refractivity contribution in [1.82, 2.24) is 0 Å². The molecule has 2 aliphatic rings. The molecule has 2 aliphatic carbocycles. The fourth-order valence-corrected chi connectivity index (χ4v) is 1.82. The smallest absolute Gasteiger partial charge is 0.175 e. The van der Waals surface area contributed by atoms with Gasteiger partial charge in [0.1, 0.15) is 0 Å². The summed E-state index contributed by atoms with van der Waals surface area (Å²) in [5.41, 5.74) is 0. The first-order valence-corrected chi connectivity index (χ1v) is 4.86. The number of rotatable bonds is 2. The van der Waals surface area contributed by atoms with Gasteiger partial charge in [0, 0.05) is 25.7 Å². The molecule has 0 aliphatic heterocycles. The minimum Gasteiger partial charge on any atom is -0.344 e. The van der Waals surface area contributed by atoms with Crippen LogP contribution in [0.5, 0.6) is 0 Å². The van der Waals surface area contributed by atoms with Crippen molar-refractivity contribution in [2.24, 2.45) is 0 Å². The summed E-state index contributed by atoms with van der Waals surface area (Å²) < 4.78 is 5.02. The van der Waals surface area contributed by atoms with Gasteiger partial charge in [-0.05, 0) is 0 Å². The number of ether oxygens (including phenoxy) is 1. The highest BCUT2D eigenvalue weighted by atomic mass is 16.5. The molecule has 0 aromatic carbocycles. The van der Waals surface area contributed by atoms with E-state index >= 15 is 0 Å². The van der Waals surface area contributed by atoms with Crippen molar-refractivity contribution >= 4 is 23.1 Å². The van der Waals surface area contributed by atoms with Crippen LogP contribution in [0.25, 0.3) is 0 Å². The number of carbonyl (C=O) groups is 4. The summed E-state index contributed by atoms with van der Waals surface area (Å²) >= 11 is 0. The van der Waals surface area contributed by atoms with E-state index in [-0.39, 0.29) is 48.8 Å². The Kier molecular flexibility index (Phi) is 2.48. The van der Waals surface area contributed by atoms with Crippen molar-refractivity contribution in [3.8, 4) is 0 Å². The van der Waals surface area contributed by atoms with Crippen LogP contribution < -0.4 is 0 Å². The lowest BCUT2D eigenvalue weighted by atomic mass is 10.2. The molecule has 2 rings (SSSR count). The summed E-state index contributed by atoms with van der Waals surface area (Å²) in [7, 11) is 0. The highest BCUT2D eigenvalue weighted by Gasteiger charge is 2.41. The van der Waals surface area contributed by atoms with Crippen molar-refractivity contribution < 1.29 is 23.9 Å². The standard InChI is InChI=1S/C10H10O5/c11-5-1-2-6(12)9(5)15-10-7(13)3-4-8(10)14/h9-10H,1-4H2. The number of Topliss-reactive ketones (excluding diaryl/α,β-unsaturated/α-hetero) is 4. The number of ketones is 4. The van der Waals surface area contributed by atoms with E-state index in [0.717, 1.165) is 0 Å². The van der Waals surface area contributed by atoms with Gasteiger partial charge in [-0.2, -0.15) is 0 Å². The van der Waals surface area contributed by atoms with E-state index < -0.39 is 12.2 Å². The molecule has 15 heavy (non-hydrogen) atoms. The molecule has 0 spiro atoms. The summed E-state index contributed by atoms with van der Waals surface area (Å²) in [6.07, 6.45) is -1.75. The first-order valence-electron chi connectivity index (χ1n) is 4.86. The fraction of sp³-hybridized carbons (Fsp3) is 0.600. The molecule has 5 heteroatoms. The maximum atomic E-state index is 11.2. The zero-order chi connectivity index (χ0) is 11.0. The molecule has 0 N–H and O–H groups in total. The van der Waals surface area contributed by atoms with Gasteiger partial charge >= 0.3 is 0 Å². The third-order valence-corrected chi connectivity index (χ3v) is 2.68. The van der Waals surface area contributed by atoms with E-state index in [4.69, 9.17) is 4.74 Å². The molecular weight excluding hydrogens is 200 g/mol. The average Bonchev–Trinajstić information content (AvgIpc) is 2.67. The Morgan fingerprint density at radius 1 is 0.667 bits per heavy atom. The van der Waals surface area contributed by atoms with Gasteiger partial charge in [-0.3, -0.25) is 19.2 Å². The minimum atomic E-state index is -1.18. The van der Waals surface area contributed by atoms with Gasteiger partial charge in [0.15, 0.2) is 35.3 Å². The maximum absolute atomic E-state index is 11.2. The Hall–Kier alpha value is -1.36. The van der Waals surface area contributed by atoms with Crippen LogP contribution in [-0.4, -0.2) is 35.3 Å². The Balaban J connectivity index is 2.08. The third-order valence-electron chi connectivity index (χ3n) is 2.68. The van der Waals surface area contributed by atoms with Crippen molar-refractivity contribution in [2.45, 2.75) is 37.9 Å². The minimum absolute atomic E-state index is 0.151. The molecule has 0 aromatic rings. The average molecular weight is 210 g/mol. The lowest BCUT2D eigenvalue weighted by Crippen LogP contribution is -2.36. The first kappa shape index (κ1) is 10.2. The molecule has 80 valence electrons. The second-order valence-electron chi connectivity index (χ2n) is 3.76. The van der Waals surface area contributed by atoms with Crippen LogP contribution in [0.1, 0.15) is 25.7 Å². The first-order chi connectivity index (χ1) is 7.09. The molecule has 0 heterocycles. The van der Waals surface area contributed by atoms with Gasteiger partial charge in [-0.15, -0.1) is 0 Å².